The summed E-state index contributed by atoms with van der Waals surface area (Å²) in [6, 6.07) is 11.4. The highest BCUT2D eigenvalue weighted by atomic mass is 16.5. The summed E-state index contributed by atoms with van der Waals surface area (Å²) >= 11 is 0. The van der Waals surface area contributed by atoms with E-state index < -0.39 is 0 Å². The number of hydrogen-bond acceptors (Lipinski definition) is 5. The van der Waals surface area contributed by atoms with Gasteiger partial charge in [-0.05, 0) is 38.1 Å². The first kappa shape index (κ1) is 21.2. The third-order valence-corrected chi connectivity index (χ3v) is 3.97. The molecule has 0 saturated heterocycles. The van der Waals surface area contributed by atoms with Crippen molar-refractivity contribution >= 4 is 11.6 Å². The highest BCUT2D eigenvalue weighted by Gasteiger charge is 2.08. The summed E-state index contributed by atoms with van der Waals surface area (Å²) in [7, 11) is 4.89. The van der Waals surface area contributed by atoms with Crippen LogP contribution in [-0.4, -0.2) is 40.4 Å². The first-order valence-electron chi connectivity index (χ1n) is 9.22. The lowest BCUT2D eigenvalue weighted by Gasteiger charge is -2.15. The molecule has 28 heavy (non-hydrogen) atoms. The van der Waals surface area contributed by atoms with Gasteiger partial charge in [0.1, 0.15) is 11.5 Å². The van der Waals surface area contributed by atoms with Gasteiger partial charge in [-0.1, -0.05) is 0 Å². The molecule has 0 spiro atoms. The summed E-state index contributed by atoms with van der Waals surface area (Å²) in [6.45, 7) is 5.71. The molecule has 0 radical (unpaired) electrons. The van der Waals surface area contributed by atoms with Gasteiger partial charge in [0.15, 0.2) is 17.5 Å². The third-order valence-electron chi connectivity index (χ3n) is 3.97. The molecule has 0 heterocycles. The fraction of sp³-hybridized carbons (Fsp3) is 0.381. The number of methoxy groups -OCH3 is 3. The fourth-order valence-corrected chi connectivity index (χ4v) is 2.61. The van der Waals surface area contributed by atoms with Crippen molar-refractivity contribution in [1.29, 1.82) is 0 Å². The summed E-state index contributed by atoms with van der Waals surface area (Å²) in [5, 5.41) is 6.54. The van der Waals surface area contributed by atoms with E-state index in [1.807, 2.05) is 50.2 Å². The molecule has 0 aromatic heterocycles. The van der Waals surface area contributed by atoms with Gasteiger partial charge < -0.3 is 29.6 Å². The van der Waals surface area contributed by atoms with Crippen LogP contribution in [0, 0.1) is 0 Å². The van der Waals surface area contributed by atoms with Gasteiger partial charge in [-0.3, -0.25) is 0 Å². The molecule has 7 heteroatoms. The lowest BCUT2D eigenvalue weighted by molar-refractivity contribution is 0.311. The largest absolute Gasteiger partial charge is 0.497 e. The standard InChI is InChI=1S/C21H29N3O4/c1-6-22-21(23-14-15-8-10-17(25-3)13-19(15)27-5)24-16-9-11-18(26-4)20(12-16)28-7-2/h8-13H,6-7,14H2,1-5H3,(H2,22,23,24). The van der Waals surface area contributed by atoms with Gasteiger partial charge in [0.25, 0.3) is 0 Å². The number of benzene rings is 2. The molecule has 0 amide bonds. The Morgan fingerprint density at radius 1 is 0.893 bits per heavy atom. The average Bonchev–Trinajstić information content (AvgIpc) is 2.72. The molecule has 0 saturated carbocycles. The van der Waals surface area contributed by atoms with Crippen molar-refractivity contribution in [2.24, 2.45) is 4.99 Å². The van der Waals surface area contributed by atoms with Crippen molar-refractivity contribution in [3.63, 3.8) is 0 Å². The smallest absolute Gasteiger partial charge is 0.196 e. The van der Waals surface area contributed by atoms with Gasteiger partial charge in [-0.15, -0.1) is 0 Å². The molecule has 0 bridgehead atoms. The van der Waals surface area contributed by atoms with Crippen LogP contribution in [0.1, 0.15) is 19.4 Å². The van der Waals surface area contributed by atoms with E-state index in [9.17, 15) is 0 Å². The Bertz CT molecular complexity index is 793. The molecule has 0 unspecified atom stereocenters. The van der Waals surface area contributed by atoms with E-state index in [4.69, 9.17) is 18.9 Å². The predicted octanol–water partition coefficient (Wildman–Crippen LogP) is 3.69. The molecule has 0 aliphatic heterocycles. The third kappa shape index (κ3) is 5.70. The summed E-state index contributed by atoms with van der Waals surface area (Å²) in [4.78, 5) is 4.66. The molecule has 0 fully saturated rings. The number of anilines is 1. The maximum absolute atomic E-state index is 5.64. The molecule has 2 aromatic rings. The summed E-state index contributed by atoms with van der Waals surface area (Å²) in [5.41, 5.74) is 1.82. The SMILES string of the molecule is CCNC(=NCc1ccc(OC)cc1OC)Nc1ccc(OC)c(OCC)c1. The van der Waals surface area contributed by atoms with Crippen LogP contribution in [0.25, 0.3) is 0 Å². The summed E-state index contributed by atoms with van der Waals surface area (Å²) < 4.78 is 21.7. The minimum atomic E-state index is 0.455. The molecule has 2 rings (SSSR count). The minimum Gasteiger partial charge on any atom is -0.497 e. The Morgan fingerprint density at radius 3 is 2.32 bits per heavy atom. The zero-order valence-corrected chi connectivity index (χ0v) is 17.2. The van der Waals surface area contributed by atoms with E-state index in [2.05, 4.69) is 15.6 Å². The first-order chi connectivity index (χ1) is 13.6. The van der Waals surface area contributed by atoms with Crippen LogP contribution in [-0.2, 0) is 6.54 Å². The average molecular weight is 387 g/mol. The second kappa shape index (κ2) is 10.9. The molecule has 2 aromatic carbocycles. The van der Waals surface area contributed by atoms with Crippen LogP contribution in [0.4, 0.5) is 5.69 Å². The topological polar surface area (TPSA) is 73.3 Å². The monoisotopic (exact) mass is 387 g/mol. The van der Waals surface area contributed by atoms with E-state index in [0.717, 1.165) is 29.3 Å². The molecule has 0 aliphatic carbocycles. The number of rotatable bonds is 9. The van der Waals surface area contributed by atoms with Crippen LogP contribution >= 0.6 is 0 Å². The number of aliphatic imine (C=N–C) groups is 1. The van der Waals surface area contributed by atoms with Crippen LogP contribution < -0.4 is 29.6 Å². The maximum atomic E-state index is 5.64. The summed E-state index contributed by atoms with van der Waals surface area (Å²) in [6.07, 6.45) is 0. The van der Waals surface area contributed by atoms with E-state index >= 15 is 0 Å². The zero-order valence-electron chi connectivity index (χ0n) is 17.2. The molecule has 2 N–H and O–H groups in total. The second-order valence-electron chi connectivity index (χ2n) is 5.80. The molecular weight excluding hydrogens is 358 g/mol. The molecular formula is C21H29N3O4. The van der Waals surface area contributed by atoms with Gasteiger partial charge >= 0.3 is 0 Å². The highest BCUT2D eigenvalue weighted by molar-refractivity contribution is 5.93. The Labute approximate surface area is 166 Å². The maximum Gasteiger partial charge on any atom is 0.196 e. The lowest BCUT2D eigenvalue weighted by atomic mass is 10.2. The van der Waals surface area contributed by atoms with E-state index in [1.54, 1.807) is 21.3 Å². The fourth-order valence-electron chi connectivity index (χ4n) is 2.61. The van der Waals surface area contributed by atoms with Crippen molar-refractivity contribution in [3.05, 3.63) is 42.0 Å². The number of hydrogen-bond donors (Lipinski definition) is 2. The predicted molar refractivity (Wildman–Crippen MR) is 112 cm³/mol. The second-order valence-corrected chi connectivity index (χ2v) is 5.80. The zero-order chi connectivity index (χ0) is 20.4. The number of nitrogens with one attached hydrogen (secondary N) is 2. The van der Waals surface area contributed by atoms with Gasteiger partial charge in [0.2, 0.25) is 0 Å². The van der Waals surface area contributed by atoms with E-state index in [0.29, 0.717) is 30.6 Å². The van der Waals surface area contributed by atoms with Gasteiger partial charge in [-0.2, -0.15) is 0 Å². The van der Waals surface area contributed by atoms with Crippen molar-refractivity contribution in [1.82, 2.24) is 5.32 Å². The van der Waals surface area contributed by atoms with Crippen LogP contribution in [0.2, 0.25) is 0 Å². The molecule has 0 atom stereocenters. The van der Waals surface area contributed by atoms with Crippen LogP contribution in [0.15, 0.2) is 41.4 Å². The number of ether oxygens (including phenoxy) is 4. The Morgan fingerprint density at radius 2 is 1.68 bits per heavy atom. The van der Waals surface area contributed by atoms with E-state index in [-0.39, 0.29) is 0 Å². The normalized spacial score (nSPS) is 11.0. The van der Waals surface area contributed by atoms with Crippen molar-refractivity contribution in [3.8, 4) is 23.0 Å². The Kier molecular flexibility index (Phi) is 8.27. The van der Waals surface area contributed by atoms with Gasteiger partial charge in [0, 0.05) is 29.9 Å². The first-order valence-corrected chi connectivity index (χ1v) is 9.22. The Hall–Kier alpha value is -3.09. The van der Waals surface area contributed by atoms with Gasteiger partial charge in [0.05, 0.1) is 34.5 Å². The van der Waals surface area contributed by atoms with Crippen LogP contribution in [0.3, 0.4) is 0 Å². The van der Waals surface area contributed by atoms with Crippen molar-refractivity contribution < 1.29 is 18.9 Å². The highest BCUT2D eigenvalue weighted by Crippen LogP contribution is 2.30. The molecule has 152 valence electrons. The number of nitrogens with zero attached hydrogens (tertiary/aromatic N) is 1. The van der Waals surface area contributed by atoms with Gasteiger partial charge in [-0.25, -0.2) is 4.99 Å². The molecule has 0 aliphatic rings. The van der Waals surface area contributed by atoms with Crippen LogP contribution in [0.5, 0.6) is 23.0 Å². The van der Waals surface area contributed by atoms with E-state index in [1.165, 1.54) is 0 Å². The van der Waals surface area contributed by atoms with Crippen molar-refractivity contribution in [2.45, 2.75) is 20.4 Å². The van der Waals surface area contributed by atoms with Crippen molar-refractivity contribution in [2.75, 3.05) is 39.8 Å². The Balaban J connectivity index is 2.20. The number of guanidine groups is 1. The quantitative estimate of drug-likeness (QED) is 0.505. The minimum absolute atomic E-state index is 0.455. The summed E-state index contributed by atoms with van der Waals surface area (Å²) in [5.74, 6) is 3.52. The molecule has 7 nitrogen and oxygen atoms in total. The lowest BCUT2D eigenvalue weighted by Crippen LogP contribution is -2.30.